The molecule has 4 heterocycles. The Hall–Kier alpha value is -2.34. The average Bonchev–Trinajstić information content (AvgIpc) is 3.15. The largest absolute Gasteiger partial charge is 0.298 e. The Morgan fingerprint density at radius 3 is 2.48 bits per heavy atom. The quantitative estimate of drug-likeness (QED) is 0.736. The van der Waals surface area contributed by atoms with Crippen molar-refractivity contribution in [2.24, 2.45) is 0 Å². The van der Waals surface area contributed by atoms with Crippen molar-refractivity contribution in [2.45, 2.75) is 46.6 Å². The van der Waals surface area contributed by atoms with Crippen LogP contribution in [0, 0.1) is 27.7 Å². The maximum atomic E-state index is 4.69. The molecule has 1 unspecified atom stereocenters. The van der Waals surface area contributed by atoms with Crippen molar-refractivity contribution < 1.29 is 0 Å². The second kappa shape index (κ2) is 6.19. The SMILES string of the molecule is Cc1cc(C)nc(C2CCN(Cc3cnn4c(C)cc(C)nc34)C2)n1. The molecule has 6 heteroatoms. The van der Waals surface area contributed by atoms with Crippen LogP contribution < -0.4 is 0 Å². The highest BCUT2D eigenvalue weighted by atomic mass is 15.3. The van der Waals surface area contributed by atoms with Gasteiger partial charge in [0.1, 0.15) is 5.82 Å². The van der Waals surface area contributed by atoms with Gasteiger partial charge in [-0.1, -0.05) is 0 Å². The van der Waals surface area contributed by atoms with E-state index >= 15 is 0 Å². The van der Waals surface area contributed by atoms with E-state index in [9.17, 15) is 0 Å². The van der Waals surface area contributed by atoms with E-state index in [1.54, 1.807) is 0 Å². The number of aryl methyl sites for hydroxylation is 4. The van der Waals surface area contributed by atoms with Crippen LogP contribution in [0.4, 0.5) is 0 Å². The van der Waals surface area contributed by atoms with E-state index in [0.29, 0.717) is 5.92 Å². The van der Waals surface area contributed by atoms with E-state index in [0.717, 1.165) is 60.3 Å². The molecule has 1 aliphatic rings. The van der Waals surface area contributed by atoms with Gasteiger partial charge in [-0.3, -0.25) is 4.90 Å². The van der Waals surface area contributed by atoms with Gasteiger partial charge in [-0.2, -0.15) is 5.10 Å². The summed E-state index contributed by atoms with van der Waals surface area (Å²) in [7, 11) is 0. The van der Waals surface area contributed by atoms with Gasteiger partial charge in [-0.25, -0.2) is 19.5 Å². The lowest BCUT2D eigenvalue weighted by Crippen LogP contribution is -2.20. The van der Waals surface area contributed by atoms with Gasteiger partial charge in [0, 0.05) is 47.3 Å². The van der Waals surface area contributed by atoms with Crippen LogP contribution in [0.5, 0.6) is 0 Å². The Bertz CT molecular complexity index is 909. The minimum atomic E-state index is 0.414. The van der Waals surface area contributed by atoms with Crippen molar-refractivity contribution >= 4 is 5.65 Å². The maximum absolute atomic E-state index is 4.69. The molecule has 1 atom stereocenters. The molecular weight excluding hydrogens is 312 g/mol. The van der Waals surface area contributed by atoms with E-state index in [-0.39, 0.29) is 0 Å². The molecule has 4 rings (SSSR count). The molecule has 0 N–H and O–H groups in total. The van der Waals surface area contributed by atoms with Crippen LogP contribution in [0.15, 0.2) is 18.3 Å². The van der Waals surface area contributed by atoms with Crippen molar-refractivity contribution in [3.05, 3.63) is 52.5 Å². The highest BCUT2D eigenvalue weighted by Gasteiger charge is 2.27. The molecule has 1 aliphatic heterocycles. The fraction of sp³-hybridized carbons (Fsp3) is 0.474. The Morgan fingerprint density at radius 2 is 1.72 bits per heavy atom. The second-order valence-corrected chi connectivity index (χ2v) is 7.17. The predicted octanol–water partition coefficient (Wildman–Crippen LogP) is 2.74. The third-order valence-electron chi connectivity index (χ3n) is 4.88. The zero-order chi connectivity index (χ0) is 17.6. The van der Waals surface area contributed by atoms with Crippen LogP contribution in [-0.4, -0.2) is 42.6 Å². The molecule has 0 bridgehead atoms. The first kappa shape index (κ1) is 16.1. The topological polar surface area (TPSA) is 59.2 Å². The summed E-state index contributed by atoms with van der Waals surface area (Å²) < 4.78 is 1.93. The maximum Gasteiger partial charge on any atom is 0.159 e. The molecule has 6 nitrogen and oxygen atoms in total. The summed E-state index contributed by atoms with van der Waals surface area (Å²) in [6, 6.07) is 4.10. The molecule has 0 amide bonds. The van der Waals surface area contributed by atoms with Gasteiger partial charge >= 0.3 is 0 Å². The first-order valence-electron chi connectivity index (χ1n) is 8.85. The lowest BCUT2D eigenvalue weighted by Gasteiger charge is -2.15. The molecule has 0 saturated carbocycles. The van der Waals surface area contributed by atoms with E-state index in [1.165, 1.54) is 5.56 Å². The summed E-state index contributed by atoms with van der Waals surface area (Å²) >= 11 is 0. The summed E-state index contributed by atoms with van der Waals surface area (Å²) in [5.74, 6) is 1.40. The van der Waals surface area contributed by atoms with E-state index in [1.807, 2.05) is 37.5 Å². The highest BCUT2D eigenvalue weighted by Crippen LogP contribution is 2.27. The van der Waals surface area contributed by atoms with E-state index in [2.05, 4.69) is 37.9 Å². The van der Waals surface area contributed by atoms with E-state index in [4.69, 9.17) is 0 Å². The van der Waals surface area contributed by atoms with Gasteiger partial charge in [-0.15, -0.1) is 0 Å². The third kappa shape index (κ3) is 3.14. The van der Waals surface area contributed by atoms with Crippen molar-refractivity contribution in [3.8, 4) is 0 Å². The van der Waals surface area contributed by atoms with Crippen LogP contribution in [0.3, 0.4) is 0 Å². The van der Waals surface area contributed by atoms with Crippen molar-refractivity contribution in [3.63, 3.8) is 0 Å². The first-order chi connectivity index (χ1) is 12.0. The van der Waals surface area contributed by atoms with E-state index < -0.39 is 0 Å². The molecule has 0 spiro atoms. The molecule has 3 aromatic heterocycles. The molecule has 0 aliphatic carbocycles. The number of hydrogen-bond donors (Lipinski definition) is 0. The standard InChI is InChI=1S/C19H24N6/c1-12-7-13(2)22-18(21-12)16-5-6-24(10-16)11-17-9-20-25-15(4)8-14(3)23-19(17)25/h7-9,16H,5-6,10-11H2,1-4H3. The fourth-order valence-electron chi connectivity index (χ4n) is 3.79. The number of rotatable bonds is 3. The Balaban J connectivity index is 1.53. The zero-order valence-electron chi connectivity index (χ0n) is 15.3. The normalized spacial score (nSPS) is 18.3. The first-order valence-corrected chi connectivity index (χ1v) is 8.85. The molecule has 3 aromatic rings. The van der Waals surface area contributed by atoms with Gasteiger partial charge in [0.05, 0.1) is 6.20 Å². The van der Waals surface area contributed by atoms with Crippen LogP contribution >= 0.6 is 0 Å². The lowest BCUT2D eigenvalue weighted by molar-refractivity contribution is 0.326. The summed E-state index contributed by atoms with van der Waals surface area (Å²) in [5.41, 5.74) is 6.43. The highest BCUT2D eigenvalue weighted by molar-refractivity contribution is 5.47. The van der Waals surface area contributed by atoms with Crippen molar-refractivity contribution in [2.75, 3.05) is 13.1 Å². The summed E-state index contributed by atoms with van der Waals surface area (Å²) in [5, 5.41) is 4.50. The molecule has 1 saturated heterocycles. The second-order valence-electron chi connectivity index (χ2n) is 7.17. The van der Waals surface area contributed by atoms with Gasteiger partial charge in [0.2, 0.25) is 0 Å². The van der Waals surface area contributed by atoms with Gasteiger partial charge in [-0.05, 0) is 52.8 Å². The number of aromatic nitrogens is 5. The van der Waals surface area contributed by atoms with Crippen LogP contribution in [0.25, 0.3) is 5.65 Å². The Kier molecular flexibility index (Phi) is 4.00. The third-order valence-corrected chi connectivity index (χ3v) is 4.88. The van der Waals surface area contributed by atoms with Gasteiger partial charge < -0.3 is 0 Å². The Labute approximate surface area is 147 Å². The molecule has 1 fully saturated rings. The average molecular weight is 336 g/mol. The minimum Gasteiger partial charge on any atom is -0.298 e. The number of likely N-dealkylation sites (tertiary alicyclic amines) is 1. The number of fused-ring (bicyclic) bond motifs is 1. The number of hydrogen-bond acceptors (Lipinski definition) is 5. The minimum absolute atomic E-state index is 0.414. The summed E-state index contributed by atoms with van der Waals surface area (Å²) in [4.78, 5) is 16.5. The molecule has 130 valence electrons. The van der Waals surface area contributed by atoms with Gasteiger partial charge in [0.25, 0.3) is 0 Å². The lowest BCUT2D eigenvalue weighted by atomic mass is 10.1. The monoisotopic (exact) mass is 336 g/mol. The predicted molar refractivity (Wildman–Crippen MR) is 96.6 cm³/mol. The smallest absolute Gasteiger partial charge is 0.159 e. The molecular formula is C19H24N6. The Morgan fingerprint density at radius 1 is 1.00 bits per heavy atom. The number of nitrogens with zero attached hydrogens (tertiary/aromatic N) is 6. The van der Waals surface area contributed by atoms with Crippen molar-refractivity contribution in [1.29, 1.82) is 0 Å². The van der Waals surface area contributed by atoms with Crippen LogP contribution in [-0.2, 0) is 6.54 Å². The van der Waals surface area contributed by atoms with Crippen LogP contribution in [0.2, 0.25) is 0 Å². The summed E-state index contributed by atoms with van der Waals surface area (Å²) in [6.07, 6.45) is 3.06. The van der Waals surface area contributed by atoms with Gasteiger partial charge in [0.15, 0.2) is 5.65 Å². The zero-order valence-corrected chi connectivity index (χ0v) is 15.3. The molecule has 25 heavy (non-hydrogen) atoms. The van der Waals surface area contributed by atoms with Crippen LogP contribution in [0.1, 0.15) is 46.5 Å². The summed E-state index contributed by atoms with van der Waals surface area (Å²) in [6.45, 7) is 11.1. The van der Waals surface area contributed by atoms with Crippen molar-refractivity contribution in [1.82, 2.24) is 29.5 Å². The molecule has 0 radical (unpaired) electrons. The fourth-order valence-corrected chi connectivity index (χ4v) is 3.79. The molecule has 0 aromatic carbocycles.